The lowest BCUT2D eigenvalue weighted by Gasteiger charge is -2.02. The highest BCUT2D eigenvalue weighted by atomic mass is 32.2. The van der Waals surface area contributed by atoms with Crippen LogP contribution in [0.3, 0.4) is 0 Å². The Hall–Kier alpha value is -0.760. The van der Waals surface area contributed by atoms with Crippen molar-refractivity contribution >= 4 is 9.84 Å². The predicted octanol–water partition coefficient (Wildman–Crippen LogP) is 0.0188. The van der Waals surface area contributed by atoms with E-state index in [1.165, 1.54) is 6.26 Å². The molecule has 1 aliphatic heterocycles. The van der Waals surface area contributed by atoms with Gasteiger partial charge in [-0.3, -0.25) is 0 Å². The van der Waals surface area contributed by atoms with Crippen molar-refractivity contribution in [2.75, 3.05) is 5.75 Å². The molecule has 1 rings (SSSR count). The summed E-state index contributed by atoms with van der Waals surface area (Å²) in [5, 5.41) is 8.02. The van der Waals surface area contributed by atoms with Crippen molar-refractivity contribution in [3.05, 3.63) is 0 Å². The summed E-state index contributed by atoms with van der Waals surface area (Å²) in [6.07, 6.45) is 2.45. The molecule has 0 amide bonds. The lowest BCUT2D eigenvalue weighted by molar-refractivity contribution is 0.229. The molecule has 1 aliphatic rings. The average Bonchev–Trinajstić information content (AvgIpc) is 2.13. The van der Waals surface area contributed by atoms with E-state index in [1.807, 2.05) is 0 Å². The van der Waals surface area contributed by atoms with Crippen LogP contribution in [0.25, 0.3) is 0 Å². The molecule has 0 spiro atoms. The summed E-state index contributed by atoms with van der Waals surface area (Å²) < 4.78 is 26.1. The number of sulfone groups is 1. The first-order valence-corrected chi connectivity index (χ1v) is 4.64. The van der Waals surface area contributed by atoms with Gasteiger partial charge in [0.1, 0.15) is 0 Å². The summed E-state index contributed by atoms with van der Waals surface area (Å²) in [5.74, 6) is 0.152. The molecule has 1 atom stereocenters. The first-order chi connectivity index (χ1) is 4.67. The largest absolute Gasteiger partial charge is 0.408 e. The van der Waals surface area contributed by atoms with Crippen LogP contribution in [0.5, 0.6) is 0 Å². The Bertz CT molecular complexity index is 251. The molecule has 4 nitrogen and oxygen atoms in total. The molecule has 1 fully saturated rings. The van der Waals surface area contributed by atoms with Crippen LogP contribution in [0, 0.1) is 11.5 Å². The van der Waals surface area contributed by atoms with Crippen LogP contribution in [0.4, 0.5) is 0 Å². The van der Waals surface area contributed by atoms with Crippen LogP contribution >= 0.6 is 0 Å². The topological polar surface area (TPSA) is 67.2 Å². The van der Waals surface area contributed by atoms with Gasteiger partial charge in [-0.05, 0) is 6.42 Å². The fourth-order valence-corrected chi connectivity index (χ4v) is 2.50. The van der Waals surface area contributed by atoms with Gasteiger partial charge < -0.3 is 4.74 Å². The van der Waals surface area contributed by atoms with Crippen LogP contribution in [-0.2, 0) is 14.6 Å². The lowest BCUT2D eigenvalue weighted by Crippen LogP contribution is -2.16. The summed E-state index contributed by atoms with van der Waals surface area (Å²) in [5.41, 5.74) is -0.863. The molecule has 0 aromatic heterocycles. The molecule has 56 valence electrons. The third-order valence-corrected chi connectivity index (χ3v) is 3.44. The van der Waals surface area contributed by atoms with Crippen LogP contribution in [-0.4, -0.2) is 19.6 Å². The zero-order chi connectivity index (χ0) is 7.61. The molecule has 0 radical (unpaired) electrons. The van der Waals surface area contributed by atoms with Crippen LogP contribution in [0.15, 0.2) is 0 Å². The van der Waals surface area contributed by atoms with Crippen molar-refractivity contribution in [3.8, 4) is 6.26 Å². The Kier molecular flexibility index (Phi) is 1.81. The van der Waals surface area contributed by atoms with Crippen molar-refractivity contribution in [1.29, 1.82) is 5.26 Å². The van der Waals surface area contributed by atoms with Gasteiger partial charge in [-0.2, -0.15) is 5.26 Å². The molecule has 1 saturated heterocycles. The van der Waals surface area contributed by atoms with E-state index in [4.69, 9.17) is 5.26 Å². The molecule has 0 bridgehead atoms. The third-order valence-electron chi connectivity index (χ3n) is 1.45. The van der Waals surface area contributed by atoms with Gasteiger partial charge in [0, 0.05) is 6.42 Å². The average molecular weight is 161 g/mol. The first-order valence-electron chi connectivity index (χ1n) is 2.93. The number of nitriles is 1. The van der Waals surface area contributed by atoms with Crippen molar-refractivity contribution < 1.29 is 13.2 Å². The molecule has 0 aliphatic carbocycles. The Morgan fingerprint density at radius 2 is 2.30 bits per heavy atom. The number of ether oxygens (including phenoxy) is 1. The van der Waals surface area contributed by atoms with E-state index < -0.39 is 15.3 Å². The summed E-state index contributed by atoms with van der Waals surface area (Å²) in [6.45, 7) is 0. The Morgan fingerprint density at radius 3 is 2.70 bits per heavy atom. The minimum absolute atomic E-state index is 0.152. The van der Waals surface area contributed by atoms with Crippen molar-refractivity contribution in [1.82, 2.24) is 0 Å². The molecule has 0 aromatic carbocycles. The number of hydrogen-bond acceptors (Lipinski definition) is 4. The second kappa shape index (κ2) is 2.46. The smallest absolute Gasteiger partial charge is 0.287 e. The summed E-state index contributed by atoms with van der Waals surface area (Å²) in [7, 11) is -3.09. The monoisotopic (exact) mass is 161 g/mol. The Labute approximate surface area is 59.3 Å². The number of hydrogen-bond donors (Lipinski definition) is 0. The van der Waals surface area contributed by atoms with Gasteiger partial charge in [-0.1, -0.05) is 0 Å². The van der Waals surface area contributed by atoms with E-state index in [-0.39, 0.29) is 5.75 Å². The molecule has 0 aromatic rings. The quantitative estimate of drug-likeness (QED) is 0.508. The fourth-order valence-electron chi connectivity index (χ4n) is 0.953. The fraction of sp³-hybridized carbons (Fsp3) is 0.800. The van der Waals surface area contributed by atoms with E-state index >= 15 is 0 Å². The van der Waals surface area contributed by atoms with E-state index in [0.29, 0.717) is 12.8 Å². The van der Waals surface area contributed by atoms with E-state index in [1.54, 1.807) is 0 Å². The highest BCUT2D eigenvalue weighted by Crippen LogP contribution is 2.20. The van der Waals surface area contributed by atoms with Crippen LogP contribution < -0.4 is 0 Å². The molecule has 5 heteroatoms. The van der Waals surface area contributed by atoms with Gasteiger partial charge in [0.25, 0.3) is 6.26 Å². The van der Waals surface area contributed by atoms with E-state index in [9.17, 15) is 8.42 Å². The molecule has 1 unspecified atom stereocenters. The van der Waals surface area contributed by atoms with Crippen LogP contribution in [0.1, 0.15) is 12.8 Å². The number of nitrogens with zero attached hydrogens (tertiary/aromatic N) is 1. The van der Waals surface area contributed by atoms with Gasteiger partial charge in [0.15, 0.2) is 9.84 Å². The highest BCUT2D eigenvalue weighted by Gasteiger charge is 2.32. The highest BCUT2D eigenvalue weighted by molar-refractivity contribution is 7.92. The minimum Gasteiger partial charge on any atom is -0.408 e. The molecule has 0 saturated carbocycles. The van der Waals surface area contributed by atoms with E-state index in [0.717, 1.165) is 0 Å². The van der Waals surface area contributed by atoms with Gasteiger partial charge in [0.2, 0.25) is 5.44 Å². The molecular weight excluding hydrogens is 154 g/mol. The number of rotatable bonds is 1. The summed E-state index contributed by atoms with van der Waals surface area (Å²) in [4.78, 5) is 0. The second-order valence-electron chi connectivity index (χ2n) is 2.15. The zero-order valence-electron chi connectivity index (χ0n) is 5.28. The lowest BCUT2D eigenvalue weighted by atomic mass is 10.4. The predicted molar refractivity (Wildman–Crippen MR) is 33.5 cm³/mol. The standard InChI is InChI=1S/C5H7NO3S/c6-4-9-5-2-1-3-10(5,7)8/h5H,1-3H2. The maximum absolute atomic E-state index is 10.9. The van der Waals surface area contributed by atoms with Crippen molar-refractivity contribution in [2.45, 2.75) is 18.3 Å². The van der Waals surface area contributed by atoms with Crippen molar-refractivity contribution in [2.24, 2.45) is 0 Å². The Balaban J connectivity index is 2.72. The van der Waals surface area contributed by atoms with Gasteiger partial charge in [-0.25, -0.2) is 8.42 Å². The summed E-state index contributed by atoms with van der Waals surface area (Å²) in [6, 6.07) is 0. The normalized spacial score (nSPS) is 29.3. The van der Waals surface area contributed by atoms with Gasteiger partial charge in [0.05, 0.1) is 5.75 Å². The first kappa shape index (κ1) is 7.35. The molecule has 0 N–H and O–H groups in total. The molecular formula is C5H7NO3S. The van der Waals surface area contributed by atoms with Crippen LogP contribution in [0.2, 0.25) is 0 Å². The van der Waals surface area contributed by atoms with Crippen molar-refractivity contribution in [3.63, 3.8) is 0 Å². The Morgan fingerprint density at radius 1 is 1.60 bits per heavy atom. The minimum atomic E-state index is -3.09. The molecule has 10 heavy (non-hydrogen) atoms. The van der Waals surface area contributed by atoms with E-state index in [2.05, 4.69) is 4.74 Å². The third kappa shape index (κ3) is 1.21. The maximum atomic E-state index is 10.9. The molecule has 1 heterocycles. The second-order valence-corrected chi connectivity index (χ2v) is 4.41. The maximum Gasteiger partial charge on any atom is 0.287 e. The van der Waals surface area contributed by atoms with Gasteiger partial charge >= 0.3 is 0 Å². The SMILES string of the molecule is N#COC1CCCS1(=O)=O. The zero-order valence-corrected chi connectivity index (χ0v) is 6.10. The summed E-state index contributed by atoms with van der Waals surface area (Å²) >= 11 is 0. The van der Waals surface area contributed by atoms with Gasteiger partial charge in [-0.15, -0.1) is 0 Å².